The maximum absolute atomic E-state index is 9.29. The number of hydrogen-bond acceptors (Lipinski definition) is 1. The second-order valence-electron chi connectivity index (χ2n) is 1.81. The summed E-state index contributed by atoms with van der Waals surface area (Å²) in [6.07, 6.45) is -1.38. The number of benzene rings is 1. The Morgan fingerprint density at radius 3 is 2.67 bits per heavy atom. The van der Waals surface area contributed by atoms with E-state index in [1.165, 1.54) is 0 Å². The van der Waals surface area contributed by atoms with Crippen LogP contribution in [0, 0.1) is 0 Å². The van der Waals surface area contributed by atoms with Gasteiger partial charge in [0.2, 0.25) is 0 Å². The van der Waals surface area contributed by atoms with Crippen LogP contribution in [-0.4, -0.2) is 5.11 Å². The summed E-state index contributed by atoms with van der Waals surface area (Å²) in [5.41, 5.74) is 0.428. The van der Waals surface area contributed by atoms with E-state index in [9.17, 15) is 5.11 Å². The number of rotatable bonds is 1. The summed E-state index contributed by atoms with van der Waals surface area (Å²) in [5.74, 6) is 0. The van der Waals surface area contributed by atoms with Gasteiger partial charge in [-0.3, -0.25) is 0 Å². The molecule has 1 rings (SSSR count). The van der Waals surface area contributed by atoms with Crippen LogP contribution in [0.5, 0.6) is 0 Å². The molecule has 1 unspecified atom stereocenters. The average Bonchev–Trinajstić information content (AvgIpc) is 2.03. The molecule has 1 atom stereocenters. The molecular formula is C8H10O. The molecule has 1 heteroatoms. The van der Waals surface area contributed by atoms with Crippen LogP contribution in [0.1, 0.15) is 22.6 Å². The van der Waals surface area contributed by atoms with Crippen LogP contribution in [-0.2, 0) is 0 Å². The van der Waals surface area contributed by atoms with Crippen molar-refractivity contribution in [3.8, 4) is 0 Å². The molecule has 48 valence electrons. The molecule has 0 saturated carbocycles. The summed E-state index contributed by atoms with van der Waals surface area (Å²) >= 11 is 0. The molecule has 0 bridgehead atoms. The number of aliphatic hydroxyl groups excluding tert-OH is 1. The van der Waals surface area contributed by atoms with Crippen molar-refractivity contribution >= 4 is 0 Å². The Balaban J connectivity index is 2.86. The van der Waals surface area contributed by atoms with E-state index in [0.29, 0.717) is 5.56 Å². The van der Waals surface area contributed by atoms with Gasteiger partial charge in [0.25, 0.3) is 0 Å². The predicted molar refractivity (Wildman–Crippen MR) is 37.1 cm³/mol. The molecule has 0 spiro atoms. The second-order valence-corrected chi connectivity index (χ2v) is 1.81. The summed E-state index contributed by atoms with van der Waals surface area (Å²) in [4.78, 5) is 0. The topological polar surface area (TPSA) is 20.2 Å². The van der Waals surface area contributed by atoms with E-state index in [1.54, 1.807) is 30.3 Å². The van der Waals surface area contributed by atoms with Crippen LogP contribution in [0.3, 0.4) is 0 Å². The average molecular weight is 125 g/mol. The molecule has 0 heterocycles. The second kappa shape index (κ2) is 2.65. The van der Waals surface area contributed by atoms with E-state index in [1.807, 2.05) is 0 Å². The van der Waals surface area contributed by atoms with Gasteiger partial charge >= 0.3 is 0 Å². The van der Waals surface area contributed by atoms with Gasteiger partial charge in [0.1, 0.15) is 0 Å². The maximum Gasteiger partial charge on any atom is 0.0761 e. The van der Waals surface area contributed by atoms with Gasteiger partial charge in [0.15, 0.2) is 0 Å². The van der Waals surface area contributed by atoms with Crippen LogP contribution >= 0.6 is 0 Å². The molecule has 0 radical (unpaired) electrons. The molecule has 0 fully saturated rings. The summed E-state index contributed by atoms with van der Waals surface area (Å²) in [6, 6.07) is 8.36. The van der Waals surface area contributed by atoms with Crippen molar-refractivity contribution in [2.45, 2.75) is 13.0 Å². The quantitative estimate of drug-likeness (QED) is 0.606. The Hall–Kier alpha value is -0.820. The zero-order valence-electron chi connectivity index (χ0n) is 7.91. The zero-order valence-corrected chi connectivity index (χ0v) is 4.91. The van der Waals surface area contributed by atoms with Gasteiger partial charge in [-0.1, -0.05) is 30.3 Å². The molecule has 1 nitrogen and oxygen atoms in total. The highest BCUT2D eigenvalue weighted by Crippen LogP contribution is 2.08. The van der Waals surface area contributed by atoms with E-state index in [0.717, 1.165) is 0 Å². The van der Waals surface area contributed by atoms with E-state index >= 15 is 0 Å². The molecule has 9 heavy (non-hydrogen) atoms. The predicted octanol–water partition coefficient (Wildman–Crippen LogP) is 1.74. The normalized spacial score (nSPS) is 19.4. The molecule has 1 aromatic rings. The smallest absolute Gasteiger partial charge is 0.0761 e. The summed E-state index contributed by atoms with van der Waals surface area (Å²) in [7, 11) is 0. The first kappa shape index (κ1) is 3.37. The van der Waals surface area contributed by atoms with Crippen molar-refractivity contribution < 1.29 is 9.22 Å². The van der Waals surface area contributed by atoms with Crippen LogP contribution in [0.25, 0.3) is 0 Å². The lowest BCUT2D eigenvalue weighted by atomic mass is 10.1. The van der Waals surface area contributed by atoms with Crippen LogP contribution in [0.15, 0.2) is 30.3 Å². The van der Waals surface area contributed by atoms with E-state index < -0.39 is 13.0 Å². The van der Waals surface area contributed by atoms with Crippen molar-refractivity contribution in [3.63, 3.8) is 0 Å². The Bertz CT molecular complexity index is 242. The lowest BCUT2D eigenvalue weighted by Gasteiger charge is -2.00. The van der Waals surface area contributed by atoms with Gasteiger partial charge in [-0.15, -0.1) is 0 Å². The third-order valence-electron chi connectivity index (χ3n) is 1.12. The SMILES string of the molecule is [2H]C([2H])([2H])C(O)c1ccccc1. The Morgan fingerprint density at radius 2 is 2.11 bits per heavy atom. The Labute approximate surface area is 59.2 Å². The van der Waals surface area contributed by atoms with Gasteiger partial charge in [0, 0.05) is 4.11 Å². The van der Waals surface area contributed by atoms with E-state index in [-0.39, 0.29) is 0 Å². The minimum absolute atomic E-state index is 0.428. The summed E-state index contributed by atoms with van der Waals surface area (Å²) in [6.45, 7) is -2.33. The first-order chi connectivity index (χ1) is 5.52. The van der Waals surface area contributed by atoms with Crippen molar-refractivity contribution in [3.05, 3.63) is 35.9 Å². The Morgan fingerprint density at radius 1 is 1.44 bits per heavy atom. The van der Waals surface area contributed by atoms with Gasteiger partial charge < -0.3 is 5.11 Å². The molecule has 0 aliphatic carbocycles. The van der Waals surface area contributed by atoms with Crippen LogP contribution in [0.2, 0.25) is 0 Å². The molecule has 0 saturated heterocycles. The fourth-order valence-electron chi connectivity index (χ4n) is 0.635. The third-order valence-corrected chi connectivity index (χ3v) is 1.12. The van der Waals surface area contributed by atoms with E-state index in [2.05, 4.69) is 0 Å². The molecule has 0 aromatic heterocycles. The van der Waals surface area contributed by atoms with Gasteiger partial charge in [0.05, 0.1) is 6.10 Å². The fraction of sp³-hybridized carbons (Fsp3) is 0.250. The lowest BCUT2D eigenvalue weighted by Crippen LogP contribution is -1.87. The van der Waals surface area contributed by atoms with Crippen molar-refractivity contribution in [2.75, 3.05) is 0 Å². The molecule has 0 aliphatic rings. The highest BCUT2D eigenvalue weighted by atomic mass is 16.3. The fourth-order valence-corrected chi connectivity index (χ4v) is 0.635. The van der Waals surface area contributed by atoms with Crippen molar-refractivity contribution in [1.29, 1.82) is 0 Å². The Kier molecular flexibility index (Phi) is 0.992. The lowest BCUT2D eigenvalue weighted by molar-refractivity contribution is 0.199. The number of hydrogen-bond donors (Lipinski definition) is 1. The first-order valence-electron chi connectivity index (χ1n) is 4.25. The minimum atomic E-state index is -2.33. The molecule has 0 amide bonds. The zero-order chi connectivity index (χ0) is 9.19. The highest BCUT2D eigenvalue weighted by molar-refractivity contribution is 5.16. The van der Waals surface area contributed by atoms with Crippen LogP contribution in [0.4, 0.5) is 0 Å². The largest absolute Gasteiger partial charge is 0.389 e. The van der Waals surface area contributed by atoms with E-state index in [4.69, 9.17) is 4.11 Å². The highest BCUT2D eigenvalue weighted by Gasteiger charge is 1.95. The standard InChI is InChI=1S/C8H10O/c1-7(9)8-5-3-2-4-6-8/h2-7,9H,1H3/i1D3. The van der Waals surface area contributed by atoms with Crippen molar-refractivity contribution in [2.24, 2.45) is 0 Å². The number of aliphatic hydroxyl groups is 1. The summed E-state index contributed by atoms with van der Waals surface area (Å²) < 4.78 is 20.9. The van der Waals surface area contributed by atoms with Gasteiger partial charge in [-0.2, -0.15) is 0 Å². The van der Waals surface area contributed by atoms with Crippen LogP contribution < -0.4 is 0 Å². The van der Waals surface area contributed by atoms with Gasteiger partial charge in [-0.25, -0.2) is 0 Å². The molecule has 1 aromatic carbocycles. The maximum atomic E-state index is 9.29. The molecular weight excluding hydrogens is 112 g/mol. The minimum Gasteiger partial charge on any atom is -0.389 e. The third kappa shape index (κ3) is 1.54. The van der Waals surface area contributed by atoms with Gasteiger partial charge in [-0.05, 0) is 12.4 Å². The summed E-state index contributed by atoms with van der Waals surface area (Å²) in [5, 5.41) is 9.29. The molecule has 1 N–H and O–H groups in total. The first-order valence-corrected chi connectivity index (χ1v) is 2.75. The monoisotopic (exact) mass is 125 g/mol. The molecule has 0 aliphatic heterocycles. The van der Waals surface area contributed by atoms with Crippen molar-refractivity contribution in [1.82, 2.24) is 0 Å².